The van der Waals surface area contributed by atoms with Crippen molar-refractivity contribution in [2.24, 2.45) is 0 Å². The third kappa shape index (κ3) is 4.42. The maximum absolute atomic E-state index is 13.1. The molecule has 1 heterocycles. The lowest BCUT2D eigenvalue weighted by Crippen LogP contribution is -2.29. The SMILES string of the molecule is COc1ccc(OC)c(S(=O)(=O)N(C)Cc2ccc(N3CCCCC3)cc2)c1. The summed E-state index contributed by atoms with van der Waals surface area (Å²) >= 11 is 0. The molecule has 0 amide bonds. The van der Waals surface area contributed by atoms with Crippen LogP contribution in [0.15, 0.2) is 47.4 Å². The molecule has 0 unspecified atom stereocenters. The second-order valence-electron chi connectivity index (χ2n) is 6.99. The molecule has 0 aromatic heterocycles. The largest absolute Gasteiger partial charge is 0.497 e. The van der Waals surface area contributed by atoms with E-state index >= 15 is 0 Å². The minimum absolute atomic E-state index is 0.0989. The molecule has 0 N–H and O–H groups in total. The Balaban J connectivity index is 1.77. The van der Waals surface area contributed by atoms with Crippen LogP contribution in [0.1, 0.15) is 24.8 Å². The molecule has 0 radical (unpaired) electrons. The van der Waals surface area contributed by atoms with Crippen molar-refractivity contribution in [3.05, 3.63) is 48.0 Å². The fraction of sp³-hybridized carbons (Fsp3) is 0.429. The molecule has 3 rings (SSSR count). The van der Waals surface area contributed by atoms with Crippen molar-refractivity contribution < 1.29 is 17.9 Å². The van der Waals surface area contributed by atoms with Crippen molar-refractivity contribution in [2.75, 3.05) is 39.3 Å². The Labute approximate surface area is 167 Å². The Kier molecular flexibility index (Phi) is 6.46. The molecule has 152 valence electrons. The second-order valence-corrected chi connectivity index (χ2v) is 9.01. The summed E-state index contributed by atoms with van der Waals surface area (Å²) in [5, 5.41) is 0. The molecule has 0 saturated carbocycles. The van der Waals surface area contributed by atoms with Crippen molar-refractivity contribution >= 4 is 15.7 Å². The van der Waals surface area contributed by atoms with Crippen LogP contribution in [0.5, 0.6) is 11.5 Å². The van der Waals surface area contributed by atoms with E-state index in [-0.39, 0.29) is 11.4 Å². The highest BCUT2D eigenvalue weighted by atomic mass is 32.2. The van der Waals surface area contributed by atoms with Gasteiger partial charge in [0.25, 0.3) is 0 Å². The van der Waals surface area contributed by atoms with Gasteiger partial charge in [0.2, 0.25) is 10.0 Å². The molecule has 0 spiro atoms. The van der Waals surface area contributed by atoms with Crippen LogP contribution in [0.25, 0.3) is 0 Å². The molecule has 7 heteroatoms. The molecular formula is C21H28N2O4S. The molecule has 6 nitrogen and oxygen atoms in total. The zero-order valence-corrected chi connectivity index (χ0v) is 17.5. The molecule has 2 aromatic rings. The van der Waals surface area contributed by atoms with Gasteiger partial charge in [0.05, 0.1) is 14.2 Å². The normalized spacial score (nSPS) is 14.9. The summed E-state index contributed by atoms with van der Waals surface area (Å²) in [7, 11) is 0.815. The predicted molar refractivity (Wildman–Crippen MR) is 111 cm³/mol. The number of sulfonamides is 1. The number of ether oxygens (including phenoxy) is 2. The summed E-state index contributed by atoms with van der Waals surface area (Å²) < 4.78 is 37.9. The van der Waals surface area contributed by atoms with Crippen molar-refractivity contribution in [2.45, 2.75) is 30.7 Å². The van der Waals surface area contributed by atoms with Crippen LogP contribution in [-0.4, -0.2) is 47.1 Å². The van der Waals surface area contributed by atoms with Gasteiger partial charge in [0.1, 0.15) is 16.4 Å². The lowest BCUT2D eigenvalue weighted by atomic mass is 10.1. The van der Waals surface area contributed by atoms with E-state index in [4.69, 9.17) is 9.47 Å². The van der Waals surface area contributed by atoms with E-state index in [1.165, 1.54) is 49.5 Å². The highest BCUT2D eigenvalue weighted by Gasteiger charge is 2.26. The number of rotatable bonds is 7. The zero-order valence-electron chi connectivity index (χ0n) is 16.7. The lowest BCUT2D eigenvalue weighted by Gasteiger charge is -2.29. The van der Waals surface area contributed by atoms with Crippen LogP contribution in [0.2, 0.25) is 0 Å². The molecule has 0 bridgehead atoms. The first-order chi connectivity index (χ1) is 13.5. The monoisotopic (exact) mass is 404 g/mol. The van der Waals surface area contributed by atoms with Crippen molar-refractivity contribution in [1.29, 1.82) is 0 Å². The van der Waals surface area contributed by atoms with Gasteiger partial charge in [-0.15, -0.1) is 0 Å². The highest BCUT2D eigenvalue weighted by molar-refractivity contribution is 7.89. The van der Waals surface area contributed by atoms with Gasteiger partial charge in [0.15, 0.2) is 0 Å². The smallest absolute Gasteiger partial charge is 0.246 e. The maximum atomic E-state index is 13.1. The van der Waals surface area contributed by atoms with Gasteiger partial charge in [-0.1, -0.05) is 12.1 Å². The highest BCUT2D eigenvalue weighted by Crippen LogP contribution is 2.31. The quantitative estimate of drug-likeness (QED) is 0.707. The van der Waals surface area contributed by atoms with E-state index in [1.807, 2.05) is 12.1 Å². The summed E-state index contributed by atoms with van der Waals surface area (Å²) in [4.78, 5) is 2.48. The van der Waals surface area contributed by atoms with E-state index in [0.717, 1.165) is 18.7 Å². The van der Waals surface area contributed by atoms with Gasteiger partial charge < -0.3 is 14.4 Å². The van der Waals surface area contributed by atoms with Crippen LogP contribution in [0, 0.1) is 0 Å². The van der Waals surface area contributed by atoms with Crippen molar-refractivity contribution in [3.8, 4) is 11.5 Å². The van der Waals surface area contributed by atoms with E-state index in [2.05, 4.69) is 17.0 Å². The minimum atomic E-state index is -3.73. The Bertz CT molecular complexity index is 891. The zero-order chi connectivity index (χ0) is 20.1. The third-order valence-corrected chi connectivity index (χ3v) is 6.95. The van der Waals surface area contributed by atoms with Gasteiger partial charge in [-0.3, -0.25) is 0 Å². The average Bonchev–Trinajstić information content (AvgIpc) is 2.74. The van der Waals surface area contributed by atoms with E-state index < -0.39 is 10.0 Å². The average molecular weight is 405 g/mol. The fourth-order valence-corrected chi connectivity index (χ4v) is 4.79. The van der Waals surface area contributed by atoms with Gasteiger partial charge in [-0.25, -0.2) is 8.42 Å². The Morgan fingerprint density at radius 3 is 2.25 bits per heavy atom. The Hall–Kier alpha value is -2.25. The summed E-state index contributed by atoms with van der Waals surface area (Å²) in [6.07, 6.45) is 3.75. The molecule has 1 aliphatic heterocycles. The van der Waals surface area contributed by atoms with E-state index in [0.29, 0.717) is 11.5 Å². The molecule has 0 aliphatic carbocycles. The number of hydrogen-bond donors (Lipinski definition) is 0. The number of methoxy groups -OCH3 is 2. The minimum Gasteiger partial charge on any atom is -0.497 e. The molecule has 2 aromatic carbocycles. The molecule has 0 atom stereocenters. The number of anilines is 1. The number of piperidine rings is 1. The standard InChI is InChI=1S/C21H28N2O4S/c1-22(28(24,25)21-15-19(26-2)11-12-20(21)27-3)16-17-7-9-18(10-8-17)23-13-5-4-6-14-23/h7-12,15H,4-6,13-14,16H2,1-3H3. The third-order valence-electron chi connectivity index (χ3n) is 5.12. The summed E-state index contributed by atoms with van der Waals surface area (Å²) in [6, 6.07) is 12.9. The molecule has 28 heavy (non-hydrogen) atoms. The van der Waals surface area contributed by atoms with Crippen LogP contribution < -0.4 is 14.4 Å². The van der Waals surface area contributed by atoms with Gasteiger partial charge in [-0.05, 0) is 49.1 Å². The van der Waals surface area contributed by atoms with Crippen LogP contribution >= 0.6 is 0 Å². The molecule has 1 saturated heterocycles. The van der Waals surface area contributed by atoms with Crippen molar-refractivity contribution in [3.63, 3.8) is 0 Å². The first-order valence-corrected chi connectivity index (χ1v) is 10.9. The Morgan fingerprint density at radius 2 is 1.64 bits per heavy atom. The van der Waals surface area contributed by atoms with Gasteiger partial charge in [-0.2, -0.15) is 4.31 Å². The van der Waals surface area contributed by atoms with Crippen LogP contribution in [0.4, 0.5) is 5.69 Å². The Morgan fingerprint density at radius 1 is 0.964 bits per heavy atom. The first-order valence-electron chi connectivity index (χ1n) is 9.48. The summed E-state index contributed by atoms with van der Waals surface area (Å²) in [5.74, 6) is 0.770. The second kappa shape index (κ2) is 8.84. The molecule has 1 aliphatic rings. The predicted octanol–water partition coefficient (Wildman–Crippen LogP) is 3.51. The fourth-order valence-electron chi connectivity index (χ4n) is 3.46. The molecular weight excluding hydrogens is 376 g/mol. The lowest BCUT2D eigenvalue weighted by molar-refractivity contribution is 0.388. The van der Waals surface area contributed by atoms with Crippen LogP contribution in [-0.2, 0) is 16.6 Å². The number of benzene rings is 2. The van der Waals surface area contributed by atoms with E-state index in [9.17, 15) is 8.42 Å². The summed E-state index contributed by atoms with van der Waals surface area (Å²) in [5.41, 5.74) is 2.14. The van der Waals surface area contributed by atoms with Crippen molar-refractivity contribution in [1.82, 2.24) is 4.31 Å². The number of nitrogens with zero attached hydrogens (tertiary/aromatic N) is 2. The first kappa shape index (κ1) is 20.5. The topological polar surface area (TPSA) is 59.1 Å². The van der Waals surface area contributed by atoms with E-state index in [1.54, 1.807) is 19.2 Å². The van der Waals surface area contributed by atoms with Gasteiger partial charge in [0, 0.05) is 38.4 Å². The summed E-state index contributed by atoms with van der Waals surface area (Å²) in [6.45, 7) is 2.45. The van der Waals surface area contributed by atoms with Crippen LogP contribution in [0.3, 0.4) is 0 Å². The maximum Gasteiger partial charge on any atom is 0.246 e. The van der Waals surface area contributed by atoms with Gasteiger partial charge >= 0.3 is 0 Å². The number of hydrogen-bond acceptors (Lipinski definition) is 5. The molecule has 1 fully saturated rings.